The molecule has 6 nitrogen and oxygen atoms in total. The first-order chi connectivity index (χ1) is 13.0. The van der Waals surface area contributed by atoms with Gasteiger partial charge < -0.3 is 10.1 Å². The number of halogens is 2. The average Bonchev–Trinajstić information content (AvgIpc) is 3.09. The highest BCUT2D eigenvalue weighted by Crippen LogP contribution is 2.39. The molecule has 0 spiro atoms. The normalized spacial score (nSPS) is 20.2. The number of esters is 1. The minimum Gasteiger partial charge on any atom is -0.459 e. The maximum atomic E-state index is 13.1. The second-order valence-electron chi connectivity index (χ2n) is 6.93. The Morgan fingerprint density at radius 1 is 1.26 bits per heavy atom. The van der Waals surface area contributed by atoms with Crippen LogP contribution in [0.15, 0.2) is 35.8 Å². The van der Waals surface area contributed by atoms with E-state index in [1.165, 1.54) is 12.7 Å². The maximum Gasteiger partial charge on any atom is 0.338 e. The molecular formula is C19H20Cl2N4O2. The van der Waals surface area contributed by atoms with Gasteiger partial charge in [-0.05, 0) is 44.7 Å². The highest BCUT2D eigenvalue weighted by molar-refractivity contribution is 6.35. The Balaban J connectivity index is 1.73. The first-order valence-electron chi connectivity index (χ1n) is 9.08. The smallest absolute Gasteiger partial charge is 0.338 e. The quantitative estimate of drug-likeness (QED) is 0.744. The summed E-state index contributed by atoms with van der Waals surface area (Å²) in [6, 6.07) is 4.70. The van der Waals surface area contributed by atoms with E-state index in [1.807, 2.05) is 13.0 Å². The Kier molecular flexibility index (Phi) is 5.10. The molecule has 1 aromatic heterocycles. The zero-order valence-corrected chi connectivity index (χ0v) is 16.4. The van der Waals surface area contributed by atoms with Crippen LogP contribution in [0.5, 0.6) is 0 Å². The number of carbonyl (C=O) groups is 1. The molecule has 4 rings (SSSR count). The van der Waals surface area contributed by atoms with Gasteiger partial charge in [0.15, 0.2) is 0 Å². The van der Waals surface area contributed by atoms with E-state index in [9.17, 15) is 4.79 Å². The van der Waals surface area contributed by atoms with Crippen molar-refractivity contribution in [2.45, 2.75) is 51.2 Å². The van der Waals surface area contributed by atoms with E-state index in [0.717, 1.165) is 31.2 Å². The lowest BCUT2D eigenvalue weighted by atomic mass is 9.95. The van der Waals surface area contributed by atoms with Crippen molar-refractivity contribution in [1.29, 1.82) is 0 Å². The van der Waals surface area contributed by atoms with E-state index in [-0.39, 0.29) is 12.1 Å². The van der Waals surface area contributed by atoms with Gasteiger partial charge in [0.2, 0.25) is 5.95 Å². The highest BCUT2D eigenvalue weighted by atomic mass is 35.5. The van der Waals surface area contributed by atoms with Crippen molar-refractivity contribution in [2.24, 2.45) is 0 Å². The van der Waals surface area contributed by atoms with E-state index >= 15 is 0 Å². The molecule has 0 unspecified atom stereocenters. The summed E-state index contributed by atoms with van der Waals surface area (Å²) in [5.41, 5.74) is 1.90. The molecule has 0 amide bonds. The molecule has 1 N–H and O–H groups in total. The molecule has 8 heteroatoms. The summed E-state index contributed by atoms with van der Waals surface area (Å²) in [5.74, 6) is 0.210. The lowest BCUT2D eigenvalue weighted by Gasteiger charge is -2.30. The number of nitrogens with zero attached hydrogens (tertiary/aromatic N) is 3. The summed E-state index contributed by atoms with van der Waals surface area (Å²) in [6.45, 7) is 1.84. The van der Waals surface area contributed by atoms with Gasteiger partial charge in [-0.2, -0.15) is 10.1 Å². The van der Waals surface area contributed by atoms with E-state index < -0.39 is 6.04 Å². The van der Waals surface area contributed by atoms with E-state index in [0.29, 0.717) is 27.3 Å². The van der Waals surface area contributed by atoms with Gasteiger partial charge in [0.25, 0.3) is 0 Å². The molecule has 2 heterocycles. The zero-order chi connectivity index (χ0) is 19.0. The van der Waals surface area contributed by atoms with Gasteiger partial charge in [0.05, 0.1) is 5.57 Å². The second kappa shape index (κ2) is 7.52. The Morgan fingerprint density at radius 3 is 2.78 bits per heavy atom. The number of nitrogens with one attached hydrogen (secondary N) is 1. The standard InChI is InChI=1S/C19H20Cl2N4O2/c1-11-16(18(26)27-13-5-3-2-4-6-13)17(25-19(24-11)22-10-23-25)14-8-7-12(20)9-15(14)21/h7-10,13,17H,2-6H2,1H3,(H,22,23,24)/t17-/m0/s1. The topological polar surface area (TPSA) is 69.0 Å². The molecule has 27 heavy (non-hydrogen) atoms. The number of hydrogen-bond donors (Lipinski definition) is 1. The minimum atomic E-state index is -0.524. The van der Waals surface area contributed by atoms with Crippen LogP contribution in [0.25, 0.3) is 0 Å². The van der Waals surface area contributed by atoms with Gasteiger partial charge in [-0.15, -0.1) is 0 Å². The van der Waals surface area contributed by atoms with Crippen LogP contribution < -0.4 is 5.32 Å². The Bertz CT molecular complexity index is 903. The minimum absolute atomic E-state index is 0.0370. The molecule has 2 aromatic rings. The van der Waals surface area contributed by atoms with E-state index in [1.54, 1.807) is 16.8 Å². The number of rotatable bonds is 3. The molecule has 2 aliphatic rings. The monoisotopic (exact) mass is 406 g/mol. The average molecular weight is 407 g/mol. The third-order valence-corrected chi connectivity index (χ3v) is 5.66. The third kappa shape index (κ3) is 3.56. The van der Waals surface area contributed by atoms with Crippen molar-refractivity contribution in [3.8, 4) is 0 Å². The summed E-state index contributed by atoms with van der Waals surface area (Å²) >= 11 is 12.5. The molecule has 0 saturated heterocycles. The number of fused-ring (bicyclic) bond motifs is 1. The zero-order valence-electron chi connectivity index (χ0n) is 14.9. The lowest BCUT2D eigenvalue weighted by molar-refractivity contribution is -0.146. The summed E-state index contributed by atoms with van der Waals surface area (Å²) in [4.78, 5) is 17.3. The number of carbonyl (C=O) groups excluding carboxylic acids is 1. The van der Waals surface area contributed by atoms with Gasteiger partial charge in [0.1, 0.15) is 18.5 Å². The van der Waals surface area contributed by atoms with Gasteiger partial charge in [-0.1, -0.05) is 35.7 Å². The number of allylic oxidation sites excluding steroid dienone is 1. The highest BCUT2D eigenvalue weighted by Gasteiger charge is 2.36. The van der Waals surface area contributed by atoms with Gasteiger partial charge in [-0.25, -0.2) is 9.48 Å². The van der Waals surface area contributed by atoms with Crippen LogP contribution >= 0.6 is 23.2 Å². The third-order valence-electron chi connectivity index (χ3n) is 5.10. The van der Waals surface area contributed by atoms with Crippen molar-refractivity contribution >= 4 is 35.1 Å². The summed E-state index contributed by atoms with van der Waals surface area (Å²) < 4.78 is 7.49. The SMILES string of the molecule is CC1=C(C(=O)OC2CCCCC2)[C@H](c2ccc(Cl)cc2Cl)n2ncnc2N1. The van der Waals surface area contributed by atoms with Crippen LogP contribution in [-0.2, 0) is 9.53 Å². The maximum absolute atomic E-state index is 13.1. The van der Waals surface area contributed by atoms with Gasteiger partial charge >= 0.3 is 5.97 Å². The Hall–Kier alpha value is -2.05. The molecule has 0 bridgehead atoms. The fourth-order valence-electron chi connectivity index (χ4n) is 3.76. The van der Waals surface area contributed by atoms with Crippen LogP contribution in [-0.4, -0.2) is 26.8 Å². The molecule has 0 radical (unpaired) electrons. The predicted octanol–water partition coefficient (Wildman–Crippen LogP) is 4.75. The molecule has 1 aromatic carbocycles. The second-order valence-corrected chi connectivity index (χ2v) is 7.77. The molecular weight excluding hydrogens is 387 g/mol. The summed E-state index contributed by atoms with van der Waals surface area (Å²) in [7, 11) is 0. The van der Waals surface area contributed by atoms with Crippen LogP contribution in [0.2, 0.25) is 10.0 Å². The van der Waals surface area contributed by atoms with Crippen LogP contribution in [0, 0.1) is 0 Å². The van der Waals surface area contributed by atoms with Gasteiger partial charge in [0, 0.05) is 21.3 Å². The largest absolute Gasteiger partial charge is 0.459 e. The van der Waals surface area contributed by atoms with E-state index in [4.69, 9.17) is 27.9 Å². The van der Waals surface area contributed by atoms with Gasteiger partial charge in [-0.3, -0.25) is 0 Å². The lowest BCUT2D eigenvalue weighted by Crippen LogP contribution is -2.32. The first-order valence-corrected chi connectivity index (χ1v) is 9.83. The number of hydrogen-bond acceptors (Lipinski definition) is 5. The summed E-state index contributed by atoms with van der Waals surface area (Å²) in [5, 5.41) is 8.43. The van der Waals surface area contributed by atoms with Crippen LogP contribution in [0.1, 0.15) is 50.6 Å². The summed E-state index contributed by atoms with van der Waals surface area (Å²) in [6.07, 6.45) is 6.61. The Labute approximate surface area is 167 Å². The van der Waals surface area contributed by atoms with Crippen molar-refractivity contribution < 1.29 is 9.53 Å². The molecule has 1 atom stereocenters. The van der Waals surface area contributed by atoms with Crippen molar-refractivity contribution in [2.75, 3.05) is 5.32 Å². The number of aromatic nitrogens is 3. The fourth-order valence-corrected chi connectivity index (χ4v) is 4.28. The number of ether oxygens (including phenoxy) is 1. The van der Waals surface area contributed by atoms with Crippen molar-refractivity contribution in [3.63, 3.8) is 0 Å². The molecule has 1 aliphatic heterocycles. The molecule has 1 aliphatic carbocycles. The number of anilines is 1. The predicted molar refractivity (Wildman–Crippen MR) is 104 cm³/mol. The van der Waals surface area contributed by atoms with Crippen molar-refractivity contribution in [3.05, 3.63) is 51.4 Å². The van der Waals surface area contributed by atoms with Crippen LogP contribution in [0.4, 0.5) is 5.95 Å². The van der Waals surface area contributed by atoms with E-state index in [2.05, 4.69) is 15.4 Å². The molecule has 1 fully saturated rings. The Morgan fingerprint density at radius 2 is 2.04 bits per heavy atom. The fraction of sp³-hybridized carbons (Fsp3) is 0.421. The van der Waals surface area contributed by atoms with Crippen molar-refractivity contribution in [1.82, 2.24) is 14.8 Å². The van der Waals surface area contributed by atoms with Crippen LogP contribution in [0.3, 0.4) is 0 Å². The molecule has 1 saturated carbocycles. The molecule has 142 valence electrons. The number of benzene rings is 1. The first kappa shape index (κ1) is 18.3.